The van der Waals surface area contributed by atoms with Gasteiger partial charge in [-0.25, -0.2) is 9.50 Å². The highest BCUT2D eigenvalue weighted by Crippen LogP contribution is 2.14. The minimum Gasteiger partial charge on any atom is -0.380 e. The van der Waals surface area contributed by atoms with Gasteiger partial charge in [0, 0.05) is 18.4 Å². The lowest BCUT2D eigenvalue weighted by Gasteiger charge is -2.17. The fraction of sp³-hybridized carbons (Fsp3) is 0.583. The molecular formula is C12H20N6. The van der Waals surface area contributed by atoms with Crippen LogP contribution in [0.2, 0.25) is 0 Å². The molecule has 0 aromatic carbocycles. The smallest absolute Gasteiger partial charge is 0.243 e. The van der Waals surface area contributed by atoms with Crippen LogP contribution in [0.25, 0.3) is 5.65 Å². The molecule has 0 amide bonds. The van der Waals surface area contributed by atoms with E-state index in [-0.39, 0.29) is 0 Å². The summed E-state index contributed by atoms with van der Waals surface area (Å²) in [6.45, 7) is 4.36. The molecule has 98 valence electrons. The van der Waals surface area contributed by atoms with Gasteiger partial charge in [-0.3, -0.25) is 0 Å². The molecule has 2 rings (SSSR count). The molecule has 3 N–H and O–H groups in total. The summed E-state index contributed by atoms with van der Waals surface area (Å²) in [6, 6.07) is 0.403. The molecular weight excluding hydrogens is 228 g/mol. The van der Waals surface area contributed by atoms with Gasteiger partial charge < -0.3 is 11.1 Å². The molecule has 2 aromatic rings. The zero-order valence-electron chi connectivity index (χ0n) is 10.9. The first-order valence-electron chi connectivity index (χ1n) is 6.48. The van der Waals surface area contributed by atoms with Crippen molar-refractivity contribution >= 4 is 17.4 Å². The molecule has 2 heterocycles. The largest absolute Gasteiger partial charge is 0.380 e. The summed E-state index contributed by atoms with van der Waals surface area (Å²) in [5.41, 5.74) is 6.45. The molecule has 0 aliphatic carbocycles. The molecule has 2 aromatic heterocycles. The van der Waals surface area contributed by atoms with Crippen LogP contribution in [-0.4, -0.2) is 25.6 Å². The highest BCUT2D eigenvalue weighted by Gasteiger charge is 2.10. The Labute approximate surface area is 107 Å². The van der Waals surface area contributed by atoms with Crippen molar-refractivity contribution in [3.63, 3.8) is 0 Å². The number of nitrogens with zero attached hydrogens (tertiary/aromatic N) is 4. The lowest BCUT2D eigenvalue weighted by atomic mass is 10.1. The molecule has 0 spiro atoms. The predicted octanol–water partition coefficient (Wildman–Crippen LogP) is 2.09. The Morgan fingerprint density at radius 2 is 2.06 bits per heavy atom. The number of fused-ring (bicyclic) bond motifs is 1. The van der Waals surface area contributed by atoms with E-state index in [1.165, 1.54) is 0 Å². The van der Waals surface area contributed by atoms with Crippen LogP contribution in [-0.2, 0) is 0 Å². The van der Waals surface area contributed by atoms with Crippen LogP contribution in [0.3, 0.4) is 0 Å². The van der Waals surface area contributed by atoms with E-state index in [0.29, 0.717) is 23.5 Å². The van der Waals surface area contributed by atoms with Gasteiger partial charge in [0.25, 0.3) is 0 Å². The average molecular weight is 248 g/mol. The molecule has 0 saturated heterocycles. The second-order valence-electron chi connectivity index (χ2n) is 4.43. The monoisotopic (exact) mass is 248 g/mol. The number of nitrogens with two attached hydrogens (primary N) is 1. The Bertz CT molecular complexity index is 500. The van der Waals surface area contributed by atoms with Crippen molar-refractivity contribution in [3.8, 4) is 0 Å². The fourth-order valence-corrected chi connectivity index (χ4v) is 2.08. The number of aromatic nitrogens is 4. The lowest BCUT2D eigenvalue weighted by molar-refractivity contribution is 0.580. The number of hydrogen-bond donors (Lipinski definition) is 2. The van der Waals surface area contributed by atoms with Crippen LogP contribution in [0, 0.1) is 0 Å². The third kappa shape index (κ3) is 2.69. The van der Waals surface area contributed by atoms with Gasteiger partial charge in [-0.05, 0) is 12.8 Å². The van der Waals surface area contributed by atoms with Gasteiger partial charge in [-0.15, -0.1) is 5.10 Å². The van der Waals surface area contributed by atoms with E-state index in [0.717, 1.165) is 25.7 Å². The molecule has 0 unspecified atom stereocenters. The van der Waals surface area contributed by atoms with E-state index in [1.807, 2.05) is 0 Å². The van der Waals surface area contributed by atoms with Crippen molar-refractivity contribution in [2.45, 2.75) is 45.6 Å². The Morgan fingerprint density at radius 1 is 1.33 bits per heavy atom. The molecule has 0 saturated carbocycles. The third-order valence-electron chi connectivity index (χ3n) is 2.89. The highest BCUT2D eigenvalue weighted by atomic mass is 15.3. The summed E-state index contributed by atoms with van der Waals surface area (Å²) in [4.78, 5) is 8.35. The van der Waals surface area contributed by atoms with Crippen LogP contribution in [0.15, 0.2) is 12.4 Å². The molecule has 6 nitrogen and oxygen atoms in total. The third-order valence-corrected chi connectivity index (χ3v) is 2.89. The summed E-state index contributed by atoms with van der Waals surface area (Å²) < 4.78 is 1.65. The highest BCUT2D eigenvalue weighted by molar-refractivity contribution is 5.60. The average Bonchev–Trinajstić information content (AvgIpc) is 2.78. The van der Waals surface area contributed by atoms with Gasteiger partial charge in [0.15, 0.2) is 11.5 Å². The first kappa shape index (κ1) is 12.6. The van der Waals surface area contributed by atoms with Gasteiger partial charge in [0.2, 0.25) is 5.95 Å². The maximum atomic E-state index is 5.85. The molecule has 0 atom stereocenters. The first-order valence-corrected chi connectivity index (χ1v) is 6.48. The fourth-order valence-electron chi connectivity index (χ4n) is 2.08. The van der Waals surface area contributed by atoms with Crippen LogP contribution in [0.1, 0.15) is 39.5 Å². The molecule has 18 heavy (non-hydrogen) atoms. The van der Waals surface area contributed by atoms with Crippen molar-refractivity contribution in [1.29, 1.82) is 0 Å². The lowest BCUT2D eigenvalue weighted by Crippen LogP contribution is -2.21. The van der Waals surface area contributed by atoms with E-state index < -0.39 is 0 Å². The van der Waals surface area contributed by atoms with Crippen LogP contribution in [0.5, 0.6) is 0 Å². The summed E-state index contributed by atoms with van der Waals surface area (Å²) in [5, 5.41) is 7.71. The Balaban J connectivity index is 2.19. The Morgan fingerprint density at radius 3 is 2.72 bits per heavy atom. The van der Waals surface area contributed by atoms with Crippen LogP contribution in [0.4, 0.5) is 11.8 Å². The van der Waals surface area contributed by atoms with E-state index >= 15 is 0 Å². The minimum atomic E-state index is 0.403. The second kappa shape index (κ2) is 5.66. The molecule has 0 aliphatic rings. The van der Waals surface area contributed by atoms with E-state index in [9.17, 15) is 0 Å². The molecule has 0 aliphatic heterocycles. The number of anilines is 2. The van der Waals surface area contributed by atoms with Crippen molar-refractivity contribution in [2.75, 3.05) is 11.1 Å². The Hall–Kier alpha value is -1.85. The summed E-state index contributed by atoms with van der Waals surface area (Å²) in [5.74, 6) is 0.981. The predicted molar refractivity (Wildman–Crippen MR) is 72.4 cm³/mol. The maximum absolute atomic E-state index is 5.85. The summed E-state index contributed by atoms with van der Waals surface area (Å²) >= 11 is 0. The van der Waals surface area contributed by atoms with Gasteiger partial charge in [0.1, 0.15) is 0 Å². The standard InChI is InChI=1S/C12H20N6/c1-3-5-9(6-4-2)15-12-16-10(13)11-14-7-8-18(11)17-12/h7-9H,3-6H2,1-2H3,(H3,13,15,16,17). The SMILES string of the molecule is CCCC(CCC)Nc1nc(N)c2nccn2n1. The van der Waals surface area contributed by atoms with E-state index in [1.54, 1.807) is 16.9 Å². The summed E-state index contributed by atoms with van der Waals surface area (Å²) in [6.07, 6.45) is 7.94. The topological polar surface area (TPSA) is 81.1 Å². The van der Waals surface area contributed by atoms with Crippen molar-refractivity contribution in [2.24, 2.45) is 0 Å². The number of hydrogen-bond acceptors (Lipinski definition) is 5. The van der Waals surface area contributed by atoms with Crippen LogP contribution < -0.4 is 11.1 Å². The second-order valence-corrected chi connectivity index (χ2v) is 4.43. The maximum Gasteiger partial charge on any atom is 0.243 e. The normalized spacial score (nSPS) is 11.3. The zero-order valence-corrected chi connectivity index (χ0v) is 10.9. The number of nitrogens with one attached hydrogen (secondary N) is 1. The van der Waals surface area contributed by atoms with Crippen LogP contribution >= 0.6 is 0 Å². The van der Waals surface area contributed by atoms with Crippen molar-refractivity contribution < 1.29 is 0 Å². The van der Waals surface area contributed by atoms with E-state index in [2.05, 4.69) is 34.2 Å². The number of nitrogen functional groups attached to an aromatic ring is 1. The Kier molecular flexibility index (Phi) is 3.96. The zero-order chi connectivity index (χ0) is 13.0. The van der Waals surface area contributed by atoms with Crippen molar-refractivity contribution in [1.82, 2.24) is 19.6 Å². The number of imidazole rings is 1. The van der Waals surface area contributed by atoms with Gasteiger partial charge in [-0.2, -0.15) is 4.98 Å². The molecule has 0 radical (unpaired) electrons. The quantitative estimate of drug-likeness (QED) is 0.818. The molecule has 0 fully saturated rings. The van der Waals surface area contributed by atoms with Gasteiger partial charge in [-0.1, -0.05) is 26.7 Å². The molecule has 0 bridgehead atoms. The first-order chi connectivity index (χ1) is 8.74. The van der Waals surface area contributed by atoms with Crippen molar-refractivity contribution in [3.05, 3.63) is 12.4 Å². The number of rotatable bonds is 6. The van der Waals surface area contributed by atoms with E-state index in [4.69, 9.17) is 5.73 Å². The summed E-state index contributed by atoms with van der Waals surface area (Å²) in [7, 11) is 0. The van der Waals surface area contributed by atoms with Gasteiger partial charge in [0.05, 0.1) is 0 Å². The van der Waals surface area contributed by atoms with Gasteiger partial charge >= 0.3 is 0 Å². The minimum absolute atomic E-state index is 0.403. The molecule has 6 heteroatoms.